The zero-order valence-electron chi connectivity index (χ0n) is 28.0. The van der Waals surface area contributed by atoms with Crippen molar-refractivity contribution in [2.45, 2.75) is 102 Å². The zero-order chi connectivity index (χ0) is 37.5. The van der Waals surface area contributed by atoms with Gasteiger partial charge in [0.2, 0.25) is 0 Å². The lowest BCUT2D eigenvalue weighted by Crippen LogP contribution is -2.53. The molecule has 0 radical (unpaired) electrons. The van der Waals surface area contributed by atoms with Crippen molar-refractivity contribution in [1.82, 2.24) is 4.90 Å². The predicted molar refractivity (Wildman–Crippen MR) is 175 cm³/mol. The number of aliphatic hydroxyl groups excluding tert-OH is 1. The number of aromatic hydroxyl groups is 1. The van der Waals surface area contributed by atoms with Crippen molar-refractivity contribution in [1.29, 1.82) is 0 Å². The van der Waals surface area contributed by atoms with E-state index in [1.54, 1.807) is 6.07 Å². The summed E-state index contributed by atoms with van der Waals surface area (Å²) >= 11 is -3.17. The Labute approximate surface area is 289 Å². The first kappa shape index (κ1) is 43.5. The molecule has 0 bridgehead atoms. The minimum Gasteiger partial charge on any atom is -0.772 e. The van der Waals surface area contributed by atoms with Gasteiger partial charge in [0.15, 0.2) is 11.6 Å². The molecule has 1 atom stereocenters. The number of fused-ring (bicyclic) bond motifs is 1. The highest BCUT2D eigenvalue weighted by Crippen LogP contribution is 2.48. The summed E-state index contributed by atoms with van der Waals surface area (Å²) in [4.78, 5) is 2.36. The van der Waals surface area contributed by atoms with Crippen LogP contribution in [0.5, 0.6) is 5.75 Å². The third kappa shape index (κ3) is 13.2. The monoisotopic (exact) mass is 746 g/mol. The SMILES string of the molecule is CCCCCN(CCO)CCCCCCC1=C(c2ccc(F)cc2)CCCc2cc(O)c(F)cc21.O=S([O-])CCC(F)(C(F)(F)F)C(F)(F)F. The summed E-state index contributed by atoms with van der Waals surface area (Å²) in [5.41, 5.74) is -0.317. The molecule has 1 unspecified atom stereocenters. The van der Waals surface area contributed by atoms with Crippen molar-refractivity contribution in [3.8, 4) is 5.75 Å². The van der Waals surface area contributed by atoms with Crippen molar-refractivity contribution in [3.63, 3.8) is 0 Å². The maximum atomic E-state index is 14.4. The molecule has 15 heteroatoms. The summed E-state index contributed by atoms with van der Waals surface area (Å²) in [6.07, 6.45) is -3.28. The molecule has 0 saturated heterocycles. The molecule has 0 aliphatic heterocycles. The van der Waals surface area contributed by atoms with Gasteiger partial charge in [-0.2, -0.15) is 26.3 Å². The smallest absolute Gasteiger partial charge is 0.431 e. The summed E-state index contributed by atoms with van der Waals surface area (Å²) in [6.45, 7) is 5.22. The topological polar surface area (TPSA) is 83.8 Å². The number of aryl methyl sites for hydroxylation is 1. The number of halogens is 9. The Kier molecular flexibility index (Phi) is 17.8. The highest BCUT2D eigenvalue weighted by atomic mass is 32.2. The second-order valence-corrected chi connectivity index (χ2v) is 13.3. The van der Waals surface area contributed by atoms with Crippen LogP contribution in [0.15, 0.2) is 36.4 Å². The van der Waals surface area contributed by atoms with E-state index >= 15 is 0 Å². The molecule has 0 aromatic heterocycles. The summed E-state index contributed by atoms with van der Waals surface area (Å²) in [6, 6.07) is 9.68. The molecule has 284 valence electrons. The number of alkyl halides is 7. The number of allylic oxidation sites excluding steroid dienone is 2. The maximum absolute atomic E-state index is 14.4. The average molecular weight is 747 g/mol. The number of phenols is 1. The Balaban J connectivity index is 0.000000487. The maximum Gasteiger partial charge on any atom is 0.431 e. The molecule has 1 aliphatic rings. The van der Waals surface area contributed by atoms with Crippen molar-refractivity contribution >= 4 is 22.2 Å². The molecule has 0 saturated carbocycles. The average Bonchev–Trinajstić information content (AvgIpc) is 3.20. The van der Waals surface area contributed by atoms with Gasteiger partial charge in [-0.25, -0.2) is 13.2 Å². The lowest BCUT2D eigenvalue weighted by Gasteiger charge is -2.30. The first-order valence-electron chi connectivity index (χ1n) is 16.7. The first-order chi connectivity index (χ1) is 23.4. The third-order valence-electron chi connectivity index (χ3n) is 8.58. The fraction of sp³-hybridized carbons (Fsp3) is 0.600. The highest BCUT2D eigenvalue weighted by Gasteiger charge is 2.71. The Morgan fingerprint density at radius 3 is 2.00 bits per heavy atom. The van der Waals surface area contributed by atoms with Gasteiger partial charge in [0, 0.05) is 18.7 Å². The normalized spacial score (nSPS) is 14.7. The summed E-state index contributed by atoms with van der Waals surface area (Å²) in [5.74, 6) is -2.70. The molecule has 0 amide bonds. The third-order valence-corrected chi connectivity index (χ3v) is 9.12. The van der Waals surface area contributed by atoms with E-state index in [9.17, 15) is 58.5 Å². The number of hydrogen-bond acceptors (Lipinski definition) is 5. The van der Waals surface area contributed by atoms with Crippen LogP contribution in [0.1, 0.15) is 94.2 Å². The Morgan fingerprint density at radius 1 is 0.840 bits per heavy atom. The van der Waals surface area contributed by atoms with Crippen LogP contribution in [0.2, 0.25) is 0 Å². The zero-order valence-corrected chi connectivity index (χ0v) is 28.8. The Bertz CT molecular complexity index is 1370. The van der Waals surface area contributed by atoms with E-state index in [-0.39, 0.29) is 18.2 Å². The fourth-order valence-electron chi connectivity index (χ4n) is 5.84. The molecule has 2 aromatic rings. The number of benzene rings is 2. The lowest BCUT2D eigenvalue weighted by atomic mass is 9.89. The van der Waals surface area contributed by atoms with Gasteiger partial charge in [-0.15, -0.1) is 0 Å². The number of rotatable bonds is 17. The van der Waals surface area contributed by atoms with Crippen molar-refractivity contribution in [2.24, 2.45) is 0 Å². The van der Waals surface area contributed by atoms with Gasteiger partial charge in [-0.3, -0.25) is 4.21 Å². The molecule has 0 fully saturated rings. The Morgan fingerprint density at radius 2 is 1.44 bits per heavy atom. The summed E-state index contributed by atoms with van der Waals surface area (Å²) in [7, 11) is 0. The molecule has 0 heterocycles. The molecule has 50 heavy (non-hydrogen) atoms. The molecule has 2 aromatic carbocycles. The number of unbranched alkanes of at least 4 members (excludes halogenated alkanes) is 5. The number of nitrogens with zero attached hydrogens (tertiary/aromatic N) is 1. The van der Waals surface area contributed by atoms with E-state index in [4.69, 9.17) is 0 Å². The fourth-order valence-corrected chi connectivity index (χ4v) is 6.29. The van der Waals surface area contributed by atoms with Gasteiger partial charge in [0.1, 0.15) is 5.82 Å². The van der Waals surface area contributed by atoms with E-state index in [0.717, 1.165) is 93.3 Å². The van der Waals surface area contributed by atoms with Gasteiger partial charge in [-0.1, -0.05) is 55.8 Å². The second kappa shape index (κ2) is 20.4. The van der Waals surface area contributed by atoms with Gasteiger partial charge in [0.05, 0.1) is 6.61 Å². The molecule has 5 nitrogen and oxygen atoms in total. The standard InChI is InChI=1S/C30H41F2NO2.C5H5F7O2S/c1-2-3-7-17-33(19-20-34)18-8-5-4-6-11-27-26(23-13-15-25(31)16-14-23)12-9-10-24-21-30(35)29(32)22-28(24)27;6-3(4(7,8)9,5(10,11)12)1-2-15(13)14/h13-16,21-22,34-35H,2-12,17-20H2,1H3;1-2H2,(H,13,14)/p-1. The van der Waals surface area contributed by atoms with Gasteiger partial charge in [0.25, 0.3) is 5.67 Å². The number of aliphatic hydroxyl groups is 1. The minimum absolute atomic E-state index is 0.206. The van der Waals surface area contributed by atoms with E-state index in [0.29, 0.717) is 0 Å². The lowest BCUT2D eigenvalue weighted by molar-refractivity contribution is -0.341. The van der Waals surface area contributed by atoms with Crippen LogP contribution in [-0.4, -0.2) is 73.9 Å². The molecule has 2 N–H and O–H groups in total. The van der Waals surface area contributed by atoms with Crippen LogP contribution < -0.4 is 0 Å². The van der Waals surface area contributed by atoms with Gasteiger partial charge in [-0.05, 0) is 110 Å². The van der Waals surface area contributed by atoms with Crippen molar-refractivity contribution < 1.29 is 58.5 Å². The molecular formula is C35H45F9NO4S-. The molecule has 3 rings (SSSR count). The van der Waals surface area contributed by atoms with E-state index in [1.165, 1.54) is 43.0 Å². The van der Waals surface area contributed by atoms with Crippen LogP contribution in [-0.2, 0) is 17.5 Å². The van der Waals surface area contributed by atoms with Gasteiger partial charge >= 0.3 is 12.4 Å². The summed E-state index contributed by atoms with van der Waals surface area (Å²) < 4.78 is 131. The van der Waals surface area contributed by atoms with Crippen LogP contribution in [0.3, 0.4) is 0 Å². The molecular weight excluding hydrogens is 701 g/mol. The van der Waals surface area contributed by atoms with E-state index in [2.05, 4.69) is 11.8 Å². The van der Waals surface area contributed by atoms with Crippen LogP contribution in [0.4, 0.5) is 39.5 Å². The highest BCUT2D eigenvalue weighted by molar-refractivity contribution is 7.79. The minimum atomic E-state index is -6.19. The summed E-state index contributed by atoms with van der Waals surface area (Å²) in [5, 5.41) is 19.3. The van der Waals surface area contributed by atoms with Gasteiger partial charge < -0.3 is 19.7 Å². The Hall–Kier alpha value is -2.62. The molecule has 0 spiro atoms. The van der Waals surface area contributed by atoms with E-state index in [1.807, 2.05) is 12.1 Å². The number of hydrogen-bond donors (Lipinski definition) is 2. The quantitative estimate of drug-likeness (QED) is 0.0958. The second-order valence-electron chi connectivity index (χ2n) is 12.3. The molecule has 1 aliphatic carbocycles. The van der Waals surface area contributed by atoms with Crippen LogP contribution in [0, 0.1) is 11.6 Å². The largest absolute Gasteiger partial charge is 0.772 e. The van der Waals surface area contributed by atoms with Crippen LogP contribution >= 0.6 is 0 Å². The van der Waals surface area contributed by atoms with E-state index < -0.39 is 47.1 Å². The van der Waals surface area contributed by atoms with Crippen molar-refractivity contribution in [3.05, 3.63) is 64.7 Å². The predicted octanol–water partition coefficient (Wildman–Crippen LogP) is 9.44. The van der Waals surface area contributed by atoms with Crippen LogP contribution in [0.25, 0.3) is 11.1 Å². The number of phenolic OH excluding ortho intramolecular Hbond substituents is 1. The first-order valence-corrected chi connectivity index (χ1v) is 17.9. The van der Waals surface area contributed by atoms with Crippen molar-refractivity contribution in [2.75, 3.05) is 32.0 Å².